The number of benzene rings is 3. The number of hydrogen-bond donors (Lipinski definition) is 1. The fraction of sp³-hybridized carbons (Fsp3) is 0.0870. The zero-order valence-electron chi connectivity index (χ0n) is 16.5. The van der Waals surface area contributed by atoms with E-state index in [2.05, 4.69) is 9.72 Å². The molecule has 9 heteroatoms. The van der Waals surface area contributed by atoms with Gasteiger partial charge in [-0.25, -0.2) is 4.98 Å². The maximum absolute atomic E-state index is 13.3. The molecule has 1 amide bonds. The second kappa shape index (κ2) is 9.19. The van der Waals surface area contributed by atoms with Crippen LogP contribution in [0.1, 0.15) is 10.8 Å². The summed E-state index contributed by atoms with van der Waals surface area (Å²) in [5.41, 5.74) is 6.81. The third-order valence-corrected chi connectivity index (χ3v) is 5.87. The Labute approximate surface area is 185 Å². The Morgan fingerprint density at radius 1 is 0.969 bits per heavy atom. The minimum Gasteiger partial charge on any atom is -0.435 e. The maximum atomic E-state index is 13.3. The van der Waals surface area contributed by atoms with E-state index in [0.29, 0.717) is 22.2 Å². The van der Waals surface area contributed by atoms with Gasteiger partial charge in [0.1, 0.15) is 11.0 Å². The summed E-state index contributed by atoms with van der Waals surface area (Å²) < 4.78 is 30.7. The minimum absolute atomic E-state index is 0.0425. The second-order valence-corrected chi connectivity index (χ2v) is 7.81. The molecule has 162 valence electrons. The lowest BCUT2D eigenvalue weighted by atomic mass is 10.1. The molecule has 0 bridgehead atoms. The molecule has 0 spiro atoms. The molecule has 2 N–H and O–H groups in total. The maximum Gasteiger partial charge on any atom is 0.387 e. The van der Waals surface area contributed by atoms with Gasteiger partial charge in [-0.15, -0.1) is 0 Å². The molecule has 6 nitrogen and oxygen atoms in total. The van der Waals surface area contributed by atoms with E-state index >= 15 is 0 Å². The second-order valence-electron chi connectivity index (χ2n) is 6.74. The van der Waals surface area contributed by atoms with E-state index < -0.39 is 17.8 Å². The predicted octanol–water partition coefficient (Wildman–Crippen LogP) is 4.31. The normalized spacial score (nSPS) is 12.1. The molecule has 3 aromatic carbocycles. The predicted molar refractivity (Wildman–Crippen MR) is 118 cm³/mol. The molecule has 0 aliphatic heterocycles. The van der Waals surface area contributed by atoms with Crippen LogP contribution < -0.4 is 16.0 Å². The lowest BCUT2D eigenvalue weighted by Crippen LogP contribution is -2.24. The molecule has 0 saturated carbocycles. The number of primary amides is 1. The molecule has 1 unspecified atom stereocenters. The van der Waals surface area contributed by atoms with Crippen LogP contribution in [0.25, 0.3) is 16.6 Å². The molecule has 0 saturated heterocycles. The van der Waals surface area contributed by atoms with Gasteiger partial charge in [-0.3, -0.25) is 14.2 Å². The molecule has 1 aromatic heterocycles. The molecular weight excluding hydrogens is 436 g/mol. The summed E-state index contributed by atoms with van der Waals surface area (Å²) in [6.45, 7) is -2.96. The van der Waals surface area contributed by atoms with Gasteiger partial charge in [-0.05, 0) is 42.0 Å². The summed E-state index contributed by atoms with van der Waals surface area (Å²) >= 11 is 1.04. The number of hydrogen-bond acceptors (Lipinski definition) is 5. The minimum atomic E-state index is -2.96. The van der Waals surface area contributed by atoms with Crippen molar-refractivity contribution < 1.29 is 18.3 Å². The third-order valence-electron chi connectivity index (χ3n) is 4.65. The average molecular weight is 453 g/mol. The van der Waals surface area contributed by atoms with Gasteiger partial charge < -0.3 is 10.5 Å². The van der Waals surface area contributed by atoms with E-state index in [1.807, 2.05) is 6.07 Å². The number of nitrogens with zero attached hydrogens (tertiary/aromatic N) is 2. The zero-order valence-corrected chi connectivity index (χ0v) is 17.3. The van der Waals surface area contributed by atoms with Gasteiger partial charge in [0, 0.05) is 0 Å². The van der Waals surface area contributed by atoms with Crippen LogP contribution in [0.4, 0.5) is 8.78 Å². The average Bonchev–Trinajstić information content (AvgIpc) is 2.78. The number of para-hydroxylation sites is 1. The van der Waals surface area contributed by atoms with Gasteiger partial charge in [0.25, 0.3) is 5.56 Å². The molecule has 0 radical (unpaired) electrons. The number of alkyl halides is 2. The Kier molecular flexibility index (Phi) is 6.18. The number of carbonyl (C=O) groups excluding carboxylic acids is 1. The quantitative estimate of drug-likeness (QED) is 0.333. The van der Waals surface area contributed by atoms with E-state index in [1.54, 1.807) is 48.5 Å². The molecule has 1 atom stereocenters. The molecule has 0 aliphatic carbocycles. The molecule has 4 aromatic rings. The highest BCUT2D eigenvalue weighted by molar-refractivity contribution is 8.00. The monoisotopic (exact) mass is 453 g/mol. The largest absolute Gasteiger partial charge is 0.435 e. The van der Waals surface area contributed by atoms with Crippen LogP contribution in [0.2, 0.25) is 0 Å². The molecule has 0 aliphatic rings. The smallest absolute Gasteiger partial charge is 0.387 e. The van der Waals surface area contributed by atoms with Gasteiger partial charge in [0.2, 0.25) is 5.91 Å². The lowest BCUT2D eigenvalue weighted by molar-refractivity contribution is -0.117. The van der Waals surface area contributed by atoms with E-state index in [4.69, 9.17) is 5.73 Å². The first kappa shape index (κ1) is 21.5. The first-order valence-electron chi connectivity index (χ1n) is 9.52. The molecular formula is C23H17F2N3O3S. The fourth-order valence-corrected chi connectivity index (χ4v) is 4.28. The van der Waals surface area contributed by atoms with Gasteiger partial charge in [0.05, 0.1) is 16.6 Å². The van der Waals surface area contributed by atoms with E-state index in [1.165, 1.54) is 28.8 Å². The van der Waals surface area contributed by atoms with Crippen LogP contribution in [0.5, 0.6) is 5.75 Å². The number of ether oxygens (including phenoxy) is 1. The van der Waals surface area contributed by atoms with Crippen LogP contribution in [0, 0.1) is 0 Å². The standard InChI is InChI=1S/C23H17F2N3O3S/c24-22(25)31-16-12-10-15(11-13-16)28-21(30)17-8-4-5-9-18(17)27-23(28)32-19(20(26)29)14-6-2-1-3-7-14/h1-13,19,22H,(H2,26,29). The van der Waals surface area contributed by atoms with Crippen molar-refractivity contribution in [1.29, 1.82) is 0 Å². The fourth-order valence-electron chi connectivity index (χ4n) is 3.22. The van der Waals surface area contributed by atoms with Crippen molar-refractivity contribution in [3.8, 4) is 11.4 Å². The highest BCUT2D eigenvalue weighted by Gasteiger charge is 2.23. The van der Waals surface area contributed by atoms with Gasteiger partial charge in [0.15, 0.2) is 5.16 Å². The van der Waals surface area contributed by atoms with Crippen LogP contribution in [-0.2, 0) is 4.79 Å². The topological polar surface area (TPSA) is 87.2 Å². The van der Waals surface area contributed by atoms with Crippen LogP contribution in [0.15, 0.2) is 88.8 Å². The number of rotatable bonds is 7. The van der Waals surface area contributed by atoms with Crippen LogP contribution in [0.3, 0.4) is 0 Å². The van der Waals surface area contributed by atoms with Crippen molar-refractivity contribution in [3.63, 3.8) is 0 Å². The van der Waals surface area contributed by atoms with Crippen molar-refractivity contribution in [1.82, 2.24) is 9.55 Å². The van der Waals surface area contributed by atoms with E-state index in [9.17, 15) is 18.4 Å². The lowest BCUT2D eigenvalue weighted by Gasteiger charge is -2.18. The van der Waals surface area contributed by atoms with Crippen molar-refractivity contribution in [2.24, 2.45) is 5.73 Å². The van der Waals surface area contributed by atoms with Gasteiger partial charge in [-0.2, -0.15) is 8.78 Å². The zero-order chi connectivity index (χ0) is 22.7. The number of aromatic nitrogens is 2. The number of thioether (sulfide) groups is 1. The van der Waals surface area contributed by atoms with Crippen LogP contribution >= 0.6 is 11.8 Å². The van der Waals surface area contributed by atoms with Crippen molar-refractivity contribution >= 4 is 28.6 Å². The van der Waals surface area contributed by atoms with Crippen LogP contribution in [-0.4, -0.2) is 22.1 Å². The third kappa shape index (κ3) is 4.47. The Morgan fingerprint density at radius 2 is 1.62 bits per heavy atom. The number of nitrogens with two attached hydrogens (primary N) is 1. The summed E-state index contributed by atoms with van der Waals surface area (Å²) in [5.74, 6) is -0.630. The summed E-state index contributed by atoms with van der Waals surface area (Å²) in [5, 5.41) is -0.180. The Balaban J connectivity index is 1.86. The summed E-state index contributed by atoms with van der Waals surface area (Å²) in [7, 11) is 0. The molecule has 32 heavy (non-hydrogen) atoms. The highest BCUT2D eigenvalue weighted by atomic mass is 32.2. The van der Waals surface area contributed by atoms with Crippen molar-refractivity contribution in [3.05, 3.63) is 94.8 Å². The van der Waals surface area contributed by atoms with Gasteiger partial charge >= 0.3 is 6.61 Å². The van der Waals surface area contributed by atoms with E-state index in [0.717, 1.165) is 11.8 Å². The molecule has 1 heterocycles. The number of halogens is 2. The van der Waals surface area contributed by atoms with Crippen molar-refractivity contribution in [2.45, 2.75) is 17.0 Å². The highest BCUT2D eigenvalue weighted by Crippen LogP contribution is 2.35. The number of carbonyl (C=O) groups is 1. The SMILES string of the molecule is NC(=O)C(Sc1nc2ccccc2c(=O)n1-c1ccc(OC(F)F)cc1)c1ccccc1. The number of amides is 1. The summed E-state index contributed by atoms with van der Waals surface area (Å²) in [6, 6.07) is 21.4. The summed E-state index contributed by atoms with van der Waals surface area (Å²) in [6.07, 6.45) is 0. The first-order valence-corrected chi connectivity index (χ1v) is 10.4. The van der Waals surface area contributed by atoms with Gasteiger partial charge in [-0.1, -0.05) is 54.2 Å². The Morgan fingerprint density at radius 3 is 2.28 bits per heavy atom. The first-order chi connectivity index (χ1) is 15.4. The molecule has 0 fully saturated rings. The number of fused-ring (bicyclic) bond motifs is 1. The summed E-state index contributed by atoms with van der Waals surface area (Å²) in [4.78, 5) is 30.2. The molecule has 4 rings (SSSR count). The van der Waals surface area contributed by atoms with E-state index in [-0.39, 0.29) is 16.5 Å². The Hall–Kier alpha value is -3.72. The Bertz CT molecular complexity index is 1310. The van der Waals surface area contributed by atoms with Crippen molar-refractivity contribution in [2.75, 3.05) is 0 Å².